The average Bonchev–Trinajstić information content (AvgIpc) is 2.85. The molecule has 0 N–H and O–H groups in total. The lowest BCUT2D eigenvalue weighted by Gasteiger charge is -2.36. The fourth-order valence-corrected chi connectivity index (χ4v) is 2.78. The lowest BCUT2D eigenvalue weighted by Crippen LogP contribution is -2.50. The van der Waals surface area contributed by atoms with Gasteiger partial charge in [0.25, 0.3) is 0 Å². The molecule has 1 saturated heterocycles. The Balaban J connectivity index is 1.96. The number of carbonyl (C=O) groups is 1. The fourth-order valence-electron chi connectivity index (χ4n) is 2.42. The van der Waals surface area contributed by atoms with E-state index in [0.717, 1.165) is 24.8 Å². The number of morpholine rings is 1. The van der Waals surface area contributed by atoms with Gasteiger partial charge in [-0.15, -0.1) is 0 Å². The van der Waals surface area contributed by atoms with E-state index in [1.54, 1.807) is 0 Å². The molecule has 1 aliphatic heterocycles. The Morgan fingerprint density at radius 1 is 1.50 bits per heavy atom. The molecule has 0 aromatic heterocycles. The molecular weight excluding hydrogens is 270 g/mol. The first kappa shape index (κ1) is 12.4. The lowest BCUT2D eigenvalue weighted by molar-refractivity contribution is -0.144. The van der Waals surface area contributed by atoms with Gasteiger partial charge in [-0.1, -0.05) is 29.8 Å². The van der Waals surface area contributed by atoms with Crippen LogP contribution < -0.4 is 0 Å². The van der Waals surface area contributed by atoms with Gasteiger partial charge in [-0.3, -0.25) is 4.79 Å². The highest BCUT2D eigenvalue weighted by molar-refractivity contribution is 9.09. The molecule has 2 aliphatic rings. The van der Waals surface area contributed by atoms with Crippen LogP contribution in [0.1, 0.15) is 27.2 Å². The van der Waals surface area contributed by atoms with Gasteiger partial charge in [-0.2, -0.15) is 0 Å². The third-order valence-electron chi connectivity index (χ3n) is 3.62. The molecule has 4 heteroatoms. The number of rotatable bonds is 2. The quantitative estimate of drug-likeness (QED) is 0.728. The van der Waals surface area contributed by atoms with Crippen LogP contribution in [0.5, 0.6) is 0 Å². The monoisotopic (exact) mass is 289 g/mol. The van der Waals surface area contributed by atoms with E-state index in [1.807, 2.05) is 11.8 Å². The van der Waals surface area contributed by atoms with Crippen LogP contribution in [-0.4, -0.2) is 41.4 Å². The first-order valence-electron chi connectivity index (χ1n) is 5.94. The summed E-state index contributed by atoms with van der Waals surface area (Å²) in [5.41, 5.74) is 0.225. The van der Waals surface area contributed by atoms with E-state index < -0.39 is 0 Å². The normalized spacial score (nSPS) is 37.2. The summed E-state index contributed by atoms with van der Waals surface area (Å²) in [5, 5.41) is 0.801. The second-order valence-electron chi connectivity index (χ2n) is 5.71. The van der Waals surface area contributed by atoms with E-state index in [0.29, 0.717) is 5.91 Å². The van der Waals surface area contributed by atoms with Crippen molar-refractivity contribution in [3.8, 4) is 0 Å². The Bertz CT molecular complexity index is 293. The van der Waals surface area contributed by atoms with Gasteiger partial charge in [0, 0.05) is 24.3 Å². The molecule has 0 bridgehead atoms. The molecule has 0 spiro atoms. The molecule has 3 nitrogen and oxygen atoms in total. The van der Waals surface area contributed by atoms with Gasteiger partial charge in [-0.05, 0) is 18.8 Å². The van der Waals surface area contributed by atoms with Crippen molar-refractivity contribution in [2.45, 2.75) is 39.4 Å². The maximum Gasteiger partial charge on any atom is 0.226 e. The zero-order valence-corrected chi connectivity index (χ0v) is 11.8. The topological polar surface area (TPSA) is 29.5 Å². The fraction of sp³-hybridized carbons (Fsp3) is 0.917. The van der Waals surface area contributed by atoms with Gasteiger partial charge in [0.2, 0.25) is 5.91 Å². The standard InChI is InChI=1S/C12H20BrNO2/c1-8-6-14(7-9(5-13)16-8)11(15)10-4-12(10,2)3/h8-10H,4-7H2,1-3H3. The van der Waals surface area contributed by atoms with E-state index in [4.69, 9.17) is 4.74 Å². The second-order valence-corrected chi connectivity index (χ2v) is 6.36. The van der Waals surface area contributed by atoms with Crippen LogP contribution in [0.25, 0.3) is 0 Å². The second kappa shape index (κ2) is 4.30. The Kier molecular flexibility index (Phi) is 3.32. The highest BCUT2D eigenvalue weighted by Gasteiger charge is 2.52. The SMILES string of the molecule is CC1CN(C(=O)C2CC2(C)C)CC(CBr)O1. The van der Waals surface area contributed by atoms with Crippen molar-refractivity contribution >= 4 is 21.8 Å². The smallest absolute Gasteiger partial charge is 0.226 e. The van der Waals surface area contributed by atoms with Crippen molar-refractivity contribution in [2.75, 3.05) is 18.4 Å². The Morgan fingerprint density at radius 3 is 2.62 bits per heavy atom. The molecule has 3 unspecified atom stereocenters. The molecule has 1 saturated carbocycles. The summed E-state index contributed by atoms with van der Waals surface area (Å²) in [5.74, 6) is 0.569. The third-order valence-corrected chi connectivity index (χ3v) is 4.34. The Labute approximate surface area is 106 Å². The number of alkyl halides is 1. The van der Waals surface area contributed by atoms with Crippen molar-refractivity contribution in [3.05, 3.63) is 0 Å². The maximum absolute atomic E-state index is 12.2. The van der Waals surface area contributed by atoms with Crippen molar-refractivity contribution in [1.29, 1.82) is 0 Å². The van der Waals surface area contributed by atoms with Crippen LogP contribution in [0, 0.1) is 11.3 Å². The summed E-state index contributed by atoms with van der Waals surface area (Å²) in [6, 6.07) is 0. The minimum atomic E-state index is 0.148. The Hall–Kier alpha value is -0.0900. The third kappa shape index (κ3) is 2.43. The van der Waals surface area contributed by atoms with Gasteiger partial charge in [0.15, 0.2) is 0 Å². The number of carbonyl (C=O) groups excluding carboxylic acids is 1. The zero-order chi connectivity index (χ0) is 11.9. The molecule has 0 aromatic rings. The summed E-state index contributed by atoms with van der Waals surface area (Å²) in [6.45, 7) is 7.85. The van der Waals surface area contributed by atoms with Crippen molar-refractivity contribution < 1.29 is 9.53 Å². The van der Waals surface area contributed by atoms with Gasteiger partial charge < -0.3 is 9.64 Å². The molecule has 1 heterocycles. The van der Waals surface area contributed by atoms with E-state index in [1.165, 1.54) is 0 Å². The maximum atomic E-state index is 12.2. The van der Waals surface area contributed by atoms with Crippen molar-refractivity contribution in [2.24, 2.45) is 11.3 Å². The number of hydrogen-bond acceptors (Lipinski definition) is 2. The number of hydrogen-bond donors (Lipinski definition) is 0. The van der Waals surface area contributed by atoms with E-state index in [2.05, 4.69) is 29.8 Å². The summed E-state index contributed by atoms with van der Waals surface area (Å²) in [7, 11) is 0. The first-order valence-corrected chi connectivity index (χ1v) is 7.06. The number of ether oxygens (including phenoxy) is 1. The van der Waals surface area contributed by atoms with Crippen LogP contribution in [0.15, 0.2) is 0 Å². The average molecular weight is 290 g/mol. The Morgan fingerprint density at radius 2 is 2.12 bits per heavy atom. The van der Waals surface area contributed by atoms with Gasteiger partial charge in [-0.25, -0.2) is 0 Å². The zero-order valence-electron chi connectivity index (χ0n) is 10.2. The molecule has 0 radical (unpaired) electrons. The first-order chi connectivity index (χ1) is 7.44. The highest BCUT2D eigenvalue weighted by Crippen LogP contribution is 2.52. The van der Waals surface area contributed by atoms with E-state index in [9.17, 15) is 4.79 Å². The predicted octanol–water partition coefficient (Wildman–Crippen LogP) is 2.04. The molecule has 1 aliphatic carbocycles. The summed E-state index contributed by atoms with van der Waals surface area (Å²) < 4.78 is 5.73. The van der Waals surface area contributed by atoms with Gasteiger partial charge >= 0.3 is 0 Å². The summed E-state index contributed by atoms with van der Waals surface area (Å²) in [4.78, 5) is 14.2. The number of nitrogens with zero attached hydrogens (tertiary/aromatic N) is 1. The molecule has 2 fully saturated rings. The highest BCUT2D eigenvalue weighted by atomic mass is 79.9. The van der Waals surface area contributed by atoms with Gasteiger partial charge in [0.05, 0.1) is 12.2 Å². The van der Waals surface area contributed by atoms with Crippen LogP contribution in [0.2, 0.25) is 0 Å². The summed E-state index contributed by atoms with van der Waals surface area (Å²) >= 11 is 3.43. The lowest BCUT2D eigenvalue weighted by atomic mass is 10.1. The molecule has 1 amide bonds. The van der Waals surface area contributed by atoms with Crippen LogP contribution in [-0.2, 0) is 9.53 Å². The van der Waals surface area contributed by atoms with Crippen molar-refractivity contribution in [3.63, 3.8) is 0 Å². The molecular formula is C12H20BrNO2. The van der Waals surface area contributed by atoms with Crippen LogP contribution in [0.4, 0.5) is 0 Å². The molecule has 92 valence electrons. The summed E-state index contributed by atoms with van der Waals surface area (Å²) in [6.07, 6.45) is 1.34. The van der Waals surface area contributed by atoms with E-state index >= 15 is 0 Å². The van der Waals surface area contributed by atoms with Crippen LogP contribution >= 0.6 is 15.9 Å². The number of halogens is 1. The minimum absolute atomic E-state index is 0.148. The van der Waals surface area contributed by atoms with E-state index in [-0.39, 0.29) is 23.5 Å². The number of amides is 1. The van der Waals surface area contributed by atoms with Crippen molar-refractivity contribution in [1.82, 2.24) is 4.90 Å². The van der Waals surface area contributed by atoms with Gasteiger partial charge in [0.1, 0.15) is 0 Å². The largest absolute Gasteiger partial charge is 0.371 e. The molecule has 16 heavy (non-hydrogen) atoms. The van der Waals surface area contributed by atoms with Crippen LogP contribution in [0.3, 0.4) is 0 Å². The molecule has 3 atom stereocenters. The predicted molar refractivity (Wildman–Crippen MR) is 66.6 cm³/mol. The molecule has 0 aromatic carbocycles. The minimum Gasteiger partial charge on any atom is -0.371 e. The molecule has 2 rings (SSSR count).